The Morgan fingerprint density at radius 2 is 2.21 bits per heavy atom. The van der Waals surface area contributed by atoms with Gasteiger partial charge in [0.05, 0.1) is 11.5 Å². The number of para-hydroxylation sites is 1. The number of hydrogen-bond acceptors (Lipinski definition) is 5. The van der Waals surface area contributed by atoms with Crippen LogP contribution >= 0.6 is 0 Å². The van der Waals surface area contributed by atoms with Crippen molar-refractivity contribution < 1.29 is 14.5 Å². The lowest BCUT2D eigenvalue weighted by Gasteiger charge is -2.07. The predicted molar refractivity (Wildman–Crippen MR) is 64.6 cm³/mol. The molecular formula is C11H10N4O4. The Bertz CT molecular complexity index is 623. The van der Waals surface area contributed by atoms with E-state index in [1.54, 1.807) is 24.3 Å². The van der Waals surface area contributed by atoms with Gasteiger partial charge in [-0.1, -0.05) is 18.2 Å². The molecule has 0 aliphatic heterocycles. The second-order valence-corrected chi connectivity index (χ2v) is 3.68. The molecule has 1 amide bonds. The van der Waals surface area contributed by atoms with Crippen LogP contribution in [0.4, 0.5) is 10.5 Å². The first-order chi connectivity index (χ1) is 9.06. The molecule has 0 radical (unpaired) electrons. The van der Waals surface area contributed by atoms with Gasteiger partial charge >= 0.3 is 11.8 Å². The molecule has 2 N–H and O–H groups in total. The molecule has 0 atom stereocenters. The van der Waals surface area contributed by atoms with E-state index in [0.29, 0.717) is 11.3 Å². The van der Waals surface area contributed by atoms with Gasteiger partial charge < -0.3 is 10.5 Å². The molecule has 0 aliphatic carbocycles. The number of nitrogens with two attached hydrogens (primary N) is 1. The molecule has 98 valence electrons. The molecule has 2 rings (SSSR count). The van der Waals surface area contributed by atoms with E-state index in [4.69, 9.17) is 10.5 Å². The number of rotatable bonds is 4. The van der Waals surface area contributed by atoms with Crippen LogP contribution in [0.2, 0.25) is 0 Å². The van der Waals surface area contributed by atoms with Gasteiger partial charge in [0.1, 0.15) is 18.1 Å². The lowest BCUT2D eigenvalue weighted by atomic mass is 10.2. The maximum Gasteiger partial charge on any atom is 0.409 e. The SMILES string of the molecule is NC(=O)Oc1ccccc1Cn1cc([N+](=O)[O-])cn1. The van der Waals surface area contributed by atoms with Crippen molar-refractivity contribution in [1.29, 1.82) is 0 Å². The number of hydrogen-bond donors (Lipinski definition) is 1. The van der Waals surface area contributed by atoms with Crippen molar-refractivity contribution in [3.05, 3.63) is 52.3 Å². The molecule has 2 aromatic rings. The summed E-state index contributed by atoms with van der Waals surface area (Å²) in [5, 5.41) is 14.4. The molecule has 0 saturated heterocycles. The highest BCUT2D eigenvalue weighted by atomic mass is 16.6. The second kappa shape index (κ2) is 5.17. The van der Waals surface area contributed by atoms with Gasteiger partial charge in [0.25, 0.3) is 0 Å². The van der Waals surface area contributed by atoms with Crippen LogP contribution in [0.15, 0.2) is 36.7 Å². The third-order valence-electron chi connectivity index (χ3n) is 2.35. The lowest BCUT2D eigenvalue weighted by Crippen LogP contribution is -2.17. The van der Waals surface area contributed by atoms with Gasteiger partial charge in [0, 0.05) is 5.56 Å². The molecule has 8 nitrogen and oxygen atoms in total. The summed E-state index contributed by atoms with van der Waals surface area (Å²) in [7, 11) is 0. The van der Waals surface area contributed by atoms with E-state index >= 15 is 0 Å². The summed E-state index contributed by atoms with van der Waals surface area (Å²) in [6, 6.07) is 6.73. The number of benzene rings is 1. The Kier molecular flexibility index (Phi) is 3.42. The fourth-order valence-corrected chi connectivity index (χ4v) is 1.55. The molecule has 1 aromatic carbocycles. The average Bonchev–Trinajstić information content (AvgIpc) is 2.80. The summed E-state index contributed by atoms with van der Waals surface area (Å²) in [5.41, 5.74) is 5.49. The molecular weight excluding hydrogens is 252 g/mol. The fourth-order valence-electron chi connectivity index (χ4n) is 1.55. The second-order valence-electron chi connectivity index (χ2n) is 3.68. The van der Waals surface area contributed by atoms with Gasteiger partial charge in [-0.05, 0) is 6.07 Å². The van der Waals surface area contributed by atoms with Gasteiger partial charge in [0.15, 0.2) is 0 Å². The predicted octanol–water partition coefficient (Wildman–Crippen LogP) is 1.30. The van der Waals surface area contributed by atoms with E-state index in [9.17, 15) is 14.9 Å². The zero-order valence-corrected chi connectivity index (χ0v) is 9.72. The Hall–Kier alpha value is -2.90. The monoisotopic (exact) mass is 262 g/mol. The van der Waals surface area contributed by atoms with Crippen LogP contribution in [-0.4, -0.2) is 20.8 Å². The Morgan fingerprint density at radius 1 is 1.47 bits per heavy atom. The molecule has 0 fully saturated rings. The van der Waals surface area contributed by atoms with Crippen LogP contribution < -0.4 is 10.5 Å². The van der Waals surface area contributed by atoms with Crippen LogP contribution in [0.25, 0.3) is 0 Å². The molecule has 0 aliphatic rings. The van der Waals surface area contributed by atoms with Crippen molar-refractivity contribution in [2.75, 3.05) is 0 Å². The van der Waals surface area contributed by atoms with Crippen molar-refractivity contribution in [3.8, 4) is 5.75 Å². The van der Waals surface area contributed by atoms with E-state index in [1.165, 1.54) is 10.9 Å². The highest BCUT2D eigenvalue weighted by Crippen LogP contribution is 2.19. The smallest absolute Gasteiger partial charge is 0.409 e. The highest BCUT2D eigenvalue weighted by molar-refractivity contribution is 5.68. The quantitative estimate of drug-likeness (QED) is 0.658. The first kappa shape index (κ1) is 12.6. The molecule has 0 saturated carbocycles. The van der Waals surface area contributed by atoms with E-state index in [1.807, 2.05) is 0 Å². The van der Waals surface area contributed by atoms with E-state index in [2.05, 4.69) is 5.10 Å². The molecule has 19 heavy (non-hydrogen) atoms. The van der Waals surface area contributed by atoms with Gasteiger partial charge in [0.2, 0.25) is 0 Å². The number of carbonyl (C=O) groups excluding carboxylic acids is 1. The molecule has 8 heteroatoms. The third kappa shape index (κ3) is 3.06. The standard InChI is InChI=1S/C11H10N4O4/c12-11(16)19-10-4-2-1-3-8(10)6-14-7-9(5-13-14)15(17)18/h1-5,7H,6H2,(H2,12,16). The minimum Gasteiger partial charge on any atom is -0.410 e. The summed E-state index contributed by atoms with van der Waals surface area (Å²) in [5.74, 6) is 0.299. The largest absolute Gasteiger partial charge is 0.410 e. The van der Waals surface area contributed by atoms with Crippen molar-refractivity contribution in [2.24, 2.45) is 5.73 Å². The summed E-state index contributed by atoms with van der Waals surface area (Å²) < 4.78 is 6.21. The van der Waals surface area contributed by atoms with Gasteiger partial charge in [-0.3, -0.25) is 14.8 Å². The molecule has 1 aromatic heterocycles. The van der Waals surface area contributed by atoms with E-state index < -0.39 is 11.0 Å². The van der Waals surface area contributed by atoms with Crippen molar-refractivity contribution in [3.63, 3.8) is 0 Å². The maximum absolute atomic E-state index is 10.8. The van der Waals surface area contributed by atoms with Crippen LogP contribution in [-0.2, 0) is 6.54 Å². The zero-order valence-electron chi connectivity index (χ0n) is 9.72. The van der Waals surface area contributed by atoms with E-state index in [-0.39, 0.29) is 12.2 Å². The number of primary amides is 1. The Labute approximate surface area is 107 Å². The van der Waals surface area contributed by atoms with Crippen molar-refractivity contribution >= 4 is 11.8 Å². The summed E-state index contributed by atoms with van der Waals surface area (Å²) in [6.07, 6.45) is 1.53. The first-order valence-corrected chi connectivity index (χ1v) is 5.28. The number of amides is 1. The minimum absolute atomic E-state index is 0.103. The lowest BCUT2D eigenvalue weighted by molar-refractivity contribution is -0.385. The molecule has 0 spiro atoms. The fraction of sp³-hybridized carbons (Fsp3) is 0.0909. The third-order valence-corrected chi connectivity index (χ3v) is 2.35. The topological polar surface area (TPSA) is 113 Å². The van der Waals surface area contributed by atoms with Crippen LogP contribution in [0.1, 0.15) is 5.56 Å². The molecule has 0 unspecified atom stereocenters. The summed E-state index contributed by atoms with van der Waals surface area (Å²) in [6.45, 7) is 0.233. The van der Waals surface area contributed by atoms with Crippen LogP contribution in [0, 0.1) is 10.1 Å². The maximum atomic E-state index is 10.8. The number of aromatic nitrogens is 2. The van der Waals surface area contributed by atoms with Gasteiger partial charge in [-0.15, -0.1) is 0 Å². The van der Waals surface area contributed by atoms with Gasteiger partial charge in [-0.2, -0.15) is 5.10 Å². The molecule has 1 heterocycles. The van der Waals surface area contributed by atoms with Crippen molar-refractivity contribution in [1.82, 2.24) is 9.78 Å². The van der Waals surface area contributed by atoms with Gasteiger partial charge in [-0.25, -0.2) is 4.79 Å². The average molecular weight is 262 g/mol. The van der Waals surface area contributed by atoms with E-state index in [0.717, 1.165) is 6.20 Å². The summed E-state index contributed by atoms with van der Waals surface area (Å²) in [4.78, 5) is 20.8. The number of carbonyl (C=O) groups is 1. The normalized spacial score (nSPS) is 10.1. The Balaban J connectivity index is 2.22. The van der Waals surface area contributed by atoms with Crippen LogP contribution in [0.3, 0.4) is 0 Å². The zero-order chi connectivity index (χ0) is 13.8. The number of nitro groups is 1. The minimum atomic E-state index is -0.918. The first-order valence-electron chi connectivity index (χ1n) is 5.28. The van der Waals surface area contributed by atoms with Crippen molar-refractivity contribution in [2.45, 2.75) is 6.54 Å². The highest BCUT2D eigenvalue weighted by Gasteiger charge is 2.11. The number of nitrogens with zero attached hydrogens (tertiary/aromatic N) is 3. The van der Waals surface area contributed by atoms with Crippen LogP contribution in [0.5, 0.6) is 5.75 Å². The molecule has 0 bridgehead atoms. The summed E-state index contributed by atoms with van der Waals surface area (Å²) >= 11 is 0. The Morgan fingerprint density at radius 3 is 2.84 bits per heavy atom. The number of ether oxygens (including phenoxy) is 1.